The van der Waals surface area contributed by atoms with E-state index < -0.39 is 0 Å². The number of ketones is 1. The van der Waals surface area contributed by atoms with Crippen LogP contribution in [-0.4, -0.2) is 12.9 Å². The van der Waals surface area contributed by atoms with E-state index in [1.54, 1.807) is 7.11 Å². The Balaban J connectivity index is 1.82. The van der Waals surface area contributed by atoms with Gasteiger partial charge in [-0.25, -0.2) is 0 Å². The Morgan fingerprint density at radius 2 is 2.05 bits per heavy atom. The van der Waals surface area contributed by atoms with Gasteiger partial charge >= 0.3 is 0 Å². The largest absolute Gasteiger partial charge is 0.497 e. The minimum Gasteiger partial charge on any atom is -0.497 e. The number of rotatable bonds is 1. The molecule has 0 aliphatic heterocycles. The highest BCUT2D eigenvalue weighted by atomic mass is 16.5. The van der Waals surface area contributed by atoms with Gasteiger partial charge in [-0.3, -0.25) is 4.79 Å². The molecule has 0 spiro atoms. The van der Waals surface area contributed by atoms with E-state index in [4.69, 9.17) is 4.74 Å². The predicted octanol–water partition coefficient (Wildman–Crippen LogP) is 4.09. The zero-order chi connectivity index (χ0) is 14.6. The van der Waals surface area contributed by atoms with Crippen molar-refractivity contribution in [3.8, 4) is 5.75 Å². The first-order valence-corrected chi connectivity index (χ1v) is 7.77. The van der Waals surface area contributed by atoms with E-state index in [2.05, 4.69) is 25.1 Å². The molecule has 1 aromatic rings. The van der Waals surface area contributed by atoms with Crippen LogP contribution in [0.15, 0.2) is 35.4 Å². The lowest BCUT2D eigenvalue weighted by molar-refractivity contribution is -0.126. The molecule has 0 unspecified atom stereocenters. The highest BCUT2D eigenvalue weighted by Crippen LogP contribution is 2.53. The van der Waals surface area contributed by atoms with Gasteiger partial charge in [0.1, 0.15) is 11.5 Å². The fourth-order valence-corrected chi connectivity index (χ4v) is 4.25. The van der Waals surface area contributed by atoms with Crippen LogP contribution in [0.1, 0.15) is 43.7 Å². The SMILES string of the molecule is COc1ccc2c(c1)CC1=C2CC[C@@]2(C)C(=O)CCC=C12. The number of ether oxygens (including phenoxy) is 1. The van der Waals surface area contributed by atoms with Crippen LogP contribution >= 0.6 is 0 Å². The molecular formula is C19H20O2. The molecule has 1 aromatic carbocycles. The zero-order valence-electron chi connectivity index (χ0n) is 12.7. The molecule has 1 atom stereocenters. The number of fused-ring (bicyclic) bond motifs is 4. The normalized spacial score (nSPS) is 27.0. The number of benzene rings is 1. The molecule has 0 saturated heterocycles. The van der Waals surface area contributed by atoms with Gasteiger partial charge in [0.25, 0.3) is 0 Å². The lowest BCUT2D eigenvalue weighted by Crippen LogP contribution is -2.35. The molecule has 108 valence electrons. The van der Waals surface area contributed by atoms with Crippen LogP contribution in [0, 0.1) is 5.41 Å². The third-order valence-corrected chi connectivity index (χ3v) is 5.50. The van der Waals surface area contributed by atoms with Crippen molar-refractivity contribution in [3.63, 3.8) is 0 Å². The van der Waals surface area contributed by atoms with E-state index in [1.165, 1.54) is 27.8 Å². The first-order chi connectivity index (χ1) is 10.1. The number of carbonyl (C=O) groups excluding carboxylic acids is 1. The number of methoxy groups -OCH3 is 1. The molecule has 0 fully saturated rings. The van der Waals surface area contributed by atoms with Crippen molar-refractivity contribution in [1.82, 2.24) is 0 Å². The third kappa shape index (κ3) is 1.68. The summed E-state index contributed by atoms with van der Waals surface area (Å²) < 4.78 is 5.35. The Labute approximate surface area is 125 Å². The lowest BCUT2D eigenvalue weighted by atomic mass is 9.63. The maximum atomic E-state index is 12.4. The summed E-state index contributed by atoms with van der Waals surface area (Å²) in [6.45, 7) is 2.15. The second kappa shape index (κ2) is 4.33. The molecule has 0 bridgehead atoms. The zero-order valence-corrected chi connectivity index (χ0v) is 12.7. The number of Topliss-reactive ketones (excluding diaryl/α,β-unsaturated/α-hetero) is 1. The molecule has 21 heavy (non-hydrogen) atoms. The van der Waals surface area contributed by atoms with Gasteiger partial charge in [0, 0.05) is 6.42 Å². The van der Waals surface area contributed by atoms with Crippen molar-refractivity contribution in [2.45, 2.75) is 39.0 Å². The molecule has 4 rings (SSSR count). The molecule has 0 N–H and O–H groups in total. The van der Waals surface area contributed by atoms with Crippen molar-refractivity contribution in [3.05, 3.63) is 46.5 Å². The molecule has 0 saturated carbocycles. The van der Waals surface area contributed by atoms with E-state index >= 15 is 0 Å². The number of allylic oxidation sites excluding steroid dienone is 4. The summed E-state index contributed by atoms with van der Waals surface area (Å²) >= 11 is 0. The smallest absolute Gasteiger partial charge is 0.143 e. The summed E-state index contributed by atoms with van der Waals surface area (Å²) in [6.07, 6.45) is 6.87. The number of carbonyl (C=O) groups is 1. The summed E-state index contributed by atoms with van der Waals surface area (Å²) in [7, 11) is 1.71. The second-order valence-electron chi connectivity index (χ2n) is 6.57. The summed E-state index contributed by atoms with van der Waals surface area (Å²) in [5.41, 5.74) is 6.68. The average Bonchev–Trinajstić information content (AvgIpc) is 2.86. The molecule has 3 aliphatic carbocycles. The highest BCUT2D eigenvalue weighted by Gasteiger charge is 2.44. The van der Waals surface area contributed by atoms with Gasteiger partial charge in [0.05, 0.1) is 12.5 Å². The average molecular weight is 280 g/mol. The molecule has 0 amide bonds. The van der Waals surface area contributed by atoms with Gasteiger partial charge in [0.2, 0.25) is 0 Å². The Morgan fingerprint density at radius 3 is 2.86 bits per heavy atom. The van der Waals surface area contributed by atoms with Gasteiger partial charge in [-0.05, 0) is 72.6 Å². The highest BCUT2D eigenvalue weighted by molar-refractivity contribution is 5.94. The van der Waals surface area contributed by atoms with Gasteiger partial charge in [-0.1, -0.05) is 12.1 Å². The first-order valence-electron chi connectivity index (χ1n) is 7.77. The molecule has 2 nitrogen and oxygen atoms in total. The van der Waals surface area contributed by atoms with Crippen LogP contribution in [0.4, 0.5) is 0 Å². The minimum atomic E-state index is -0.233. The summed E-state index contributed by atoms with van der Waals surface area (Å²) in [5.74, 6) is 1.35. The minimum absolute atomic E-state index is 0.233. The van der Waals surface area contributed by atoms with Crippen LogP contribution in [0.5, 0.6) is 5.75 Å². The molecular weight excluding hydrogens is 260 g/mol. The third-order valence-electron chi connectivity index (χ3n) is 5.50. The summed E-state index contributed by atoms with van der Waals surface area (Å²) in [5, 5.41) is 0. The van der Waals surface area contributed by atoms with Crippen LogP contribution in [-0.2, 0) is 11.2 Å². The number of hydrogen-bond donors (Lipinski definition) is 0. The van der Waals surface area contributed by atoms with E-state index in [-0.39, 0.29) is 5.41 Å². The molecule has 0 heterocycles. The van der Waals surface area contributed by atoms with E-state index in [1.807, 2.05) is 6.07 Å². The van der Waals surface area contributed by atoms with Gasteiger partial charge in [0.15, 0.2) is 0 Å². The molecule has 2 heteroatoms. The standard InChI is InChI=1S/C19H20O2/c1-19-9-8-15-14-7-6-13(21-2)10-12(14)11-16(15)17(19)4-3-5-18(19)20/h4,6-7,10H,3,5,8-9,11H2,1-2H3/t19-/m1/s1. The van der Waals surface area contributed by atoms with Crippen molar-refractivity contribution in [2.24, 2.45) is 5.41 Å². The molecule has 3 aliphatic rings. The van der Waals surface area contributed by atoms with Crippen molar-refractivity contribution < 1.29 is 9.53 Å². The fraction of sp³-hybridized carbons (Fsp3) is 0.421. The topological polar surface area (TPSA) is 26.3 Å². The van der Waals surface area contributed by atoms with Crippen LogP contribution < -0.4 is 4.74 Å². The van der Waals surface area contributed by atoms with Crippen molar-refractivity contribution in [1.29, 1.82) is 0 Å². The Hall–Kier alpha value is -1.83. The maximum Gasteiger partial charge on any atom is 0.143 e. The van der Waals surface area contributed by atoms with Crippen molar-refractivity contribution >= 4 is 11.4 Å². The van der Waals surface area contributed by atoms with E-state index in [9.17, 15) is 4.79 Å². The number of hydrogen-bond acceptors (Lipinski definition) is 2. The molecule has 0 aromatic heterocycles. The lowest BCUT2D eigenvalue weighted by Gasteiger charge is -2.39. The Bertz CT molecular complexity index is 708. The van der Waals surface area contributed by atoms with Crippen LogP contribution in [0.25, 0.3) is 5.57 Å². The maximum absolute atomic E-state index is 12.4. The van der Waals surface area contributed by atoms with Crippen molar-refractivity contribution in [2.75, 3.05) is 7.11 Å². The first kappa shape index (κ1) is 12.9. The quantitative estimate of drug-likeness (QED) is 0.774. The monoisotopic (exact) mass is 280 g/mol. The fourth-order valence-electron chi connectivity index (χ4n) is 4.25. The van der Waals surface area contributed by atoms with Gasteiger partial charge < -0.3 is 4.74 Å². The summed E-state index contributed by atoms with van der Waals surface area (Å²) in [6, 6.07) is 6.38. The van der Waals surface area contributed by atoms with E-state index in [0.29, 0.717) is 12.2 Å². The summed E-state index contributed by atoms with van der Waals surface area (Å²) in [4.78, 5) is 12.4. The Morgan fingerprint density at radius 1 is 1.19 bits per heavy atom. The van der Waals surface area contributed by atoms with Crippen LogP contribution in [0.3, 0.4) is 0 Å². The Kier molecular flexibility index (Phi) is 2.66. The second-order valence-corrected chi connectivity index (χ2v) is 6.57. The van der Waals surface area contributed by atoms with E-state index in [0.717, 1.165) is 31.4 Å². The van der Waals surface area contributed by atoms with Crippen LogP contribution in [0.2, 0.25) is 0 Å². The molecule has 0 radical (unpaired) electrons. The predicted molar refractivity (Wildman–Crippen MR) is 83.3 cm³/mol. The van der Waals surface area contributed by atoms with Gasteiger partial charge in [-0.15, -0.1) is 0 Å². The van der Waals surface area contributed by atoms with Gasteiger partial charge in [-0.2, -0.15) is 0 Å².